The number of rotatable bonds is 2. The fourth-order valence-electron chi connectivity index (χ4n) is 1.49. The molecular formula is C9H17N3O. The van der Waals surface area contributed by atoms with Gasteiger partial charge >= 0.3 is 0 Å². The number of nitrogens with zero attached hydrogens (tertiary/aromatic N) is 1. The fourth-order valence-corrected chi connectivity index (χ4v) is 1.49. The van der Waals surface area contributed by atoms with Crippen molar-refractivity contribution in [3.8, 4) is 0 Å². The van der Waals surface area contributed by atoms with Gasteiger partial charge < -0.3 is 4.90 Å². The Labute approximate surface area is 78.7 Å². The Morgan fingerprint density at radius 3 is 2.69 bits per heavy atom. The molecule has 1 rings (SSSR count). The molecule has 4 heteroatoms. The molecule has 1 fully saturated rings. The summed E-state index contributed by atoms with van der Waals surface area (Å²) in [6.45, 7) is 2.22. The Morgan fingerprint density at radius 2 is 2.15 bits per heavy atom. The van der Waals surface area contributed by atoms with E-state index in [-0.39, 0.29) is 5.91 Å². The third-order valence-corrected chi connectivity index (χ3v) is 2.43. The van der Waals surface area contributed by atoms with E-state index in [9.17, 15) is 4.79 Å². The minimum absolute atomic E-state index is 0.223. The molecule has 1 saturated heterocycles. The highest BCUT2D eigenvalue weighted by atomic mass is 16.2. The van der Waals surface area contributed by atoms with Crippen LogP contribution in [0, 0.1) is 5.92 Å². The van der Waals surface area contributed by atoms with Gasteiger partial charge in [0.15, 0.2) is 0 Å². The van der Waals surface area contributed by atoms with E-state index >= 15 is 0 Å². The predicted octanol–water partition coefficient (Wildman–Crippen LogP) is -0.126. The van der Waals surface area contributed by atoms with Gasteiger partial charge in [0.25, 0.3) is 5.91 Å². The van der Waals surface area contributed by atoms with Gasteiger partial charge in [0.05, 0.1) is 0 Å². The quantitative estimate of drug-likeness (QED) is 0.271. The van der Waals surface area contributed by atoms with Crippen LogP contribution in [0.2, 0.25) is 0 Å². The van der Waals surface area contributed by atoms with E-state index in [0.717, 1.165) is 25.9 Å². The van der Waals surface area contributed by atoms with Crippen LogP contribution < -0.4 is 11.3 Å². The average Bonchev–Trinajstić information content (AvgIpc) is 2.16. The number of carbonyl (C=O) groups excluding carboxylic acids is 1. The van der Waals surface area contributed by atoms with Crippen LogP contribution >= 0.6 is 0 Å². The van der Waals surface area contributed by atoms with Crippen molar-refractivity contribution in [3.05, 3.63) is 12.2 Å². The smallest absolute Gasteiger partial charge is 0.257 e. The van der Waals surface area contributed by atoms with E-state index in [1.54, 1.807) is 0 Å². The van der Waals surface area contributed by atoms with Crippen molar-refractivity contribution < 1.29 is 4.79 Å². The molecule has 0 aromatic heterocycles. The zero-order valence-electron chi connectivity index (χ0n) is 7.99. The van der Waals surface area contributed by atoms with Crippen molar-refractivity contribution in [2.45, 2.75) is 12.8 Å². The zero-order valence-corrected chi connectivity index (χ0v) is 7.99. The van der Waals surface area contributed by atoms with Gasteiger partial charge in [0.2, 0.25) is 0 Å². The van der Waals surface area contributed by atoms with E-state index < -0.39 is 0 Å². The van der Waals surface area contributed by atoms with Crippen LogP contribution in [0.3, 0.4) is 0 Å². The Balaban J connectivity index is 2.29. The Morgan fingerprint density at radius 1 is 1.54 bits per heavy atom. The molecule has 1 aliphatic heterocycles. The molecule has 0 radical (unpaired) electrons. The van der Waals surface area contributed by atoms with Crippen molar-refractivity contribution in [1.82, 2.24) is 10.3 Å². The predicted molar refractivity (Wildman–Crippen MR) is 51.7 cm³/mol. The molecule has 0 unspecified atom stereocenters. The normalized spacial score (nSPS) is 20.8. The van der Waals surface area contributed by atoms with Gasteiger partial charge in [-0.25, -0.2) is 5.84 Å². The molecule has 0 spiro atoms. The lowest BCUT2D eigenvalue weighted by molar-refractivity contribution is -0.116. The summed E-state index contributed by atoms with van der Waals surface area (Å²) in [6.07, 6.45) is 5.74. The standard InChI is InChI=1S/C9H17N3O/c1-12-6-4-8(5-7-12)2-3-9(13)11-10/h2-3,8H,4-7,10H2,1H3,(H,11,13)/b3-2+. The topological polar surface area (TPSA) is 58.4 Å². The highest BCUT2D eigenvalue weighted by Gasteiger charge is 2.13. The molecule has 0 aliphatic carbocycles. The molecule has 1 heterocycles. The number of nitrogens with one attached hydrogen (secondary N) is 1. The minimum atomic E-state index is -0.223. The highest BCUT2D eigenvalue weighted by molar-refractivity contribution is 5.86. The summed E-state index contributed by atoms with van der Waals surface area (Å²) in [7, 11) is 2.12. The van der Waals surface area contributed by atoms with Gasteiger partial charge in [-0.3, -0.25) is 10.2 Å². The molecule has 0 bridgehead atoms. The summed E-state index contributed by atoms with van der Waals surface area (Å²) < 4.78 is 0. The van der Waals surface area contributed by atoms with Crippen LogP contribution in [0.5, 0.6) is 0 Å². The lowest BCUT2D eigenvalue weighted by Gasteiger charge is -2.26. The summed E-state index contributed by atoms with van der Waals surface area (Å²) >= 11 is 0. The van der Waals surface area contributed by atoms with E-state index in [1.165, 1.54) is 6.08 Å². The average molecular weight is 183 g/mol. The van der Waals surface area contributed by atoms with Gasteiger partial charge in [0.1, 0.15) is 0 Å². The SMILES string of the molecule is CN1CCC(/C=C/C(=O)NN)CC1. The van der Waals surface area contributed by atoms with Crippen molar-refractivity contribution >= 4 is 5.91 Å². The molecule has 0 aromatic rings. The van der Waals surface area contributed by atoms with Gasteiger partial charge in [-0.2, -0.15) is 0 Å². The summed E-state index contributed by atoms with van der Waals surface area (Å²) in [5.74, 6) is 5.26. The van der Waals surface area contributed by atoms with Crippen LogP contribution in [0.25, 0.3) is 0 Å². The summed E-state index contributed by atoms with van der Waals surface area (Å²) in [6, 6.07) is 0. The van der Waals surface area contributed by atoms with E-state index in [4.69, 9.17) is 5.84 Å². The lowest BCUT2D eigenvalue weighted by atomic mass is 9.97. The van der Waals surface area contributed by atoms with Crippen LogP contribution in [-0.2, 0) is 4.79 Å². The summed E-state index contributed by atoms with van der Waals surface area (Å²) in [5.41, 5.74) is 2.08. The molecular weight excluding hydrogens is 166 g/mol. The largest absolute Gasteiger partial charge is 0.306 e. The third kappa shape index (κ3) is 3.57. The van der Waals surface area contributed by atoms with Crippen molar-refractivity contribution in [2.75, 3.05) is 20.1 Å². The summed E-state index contributed by atoms with van der Waals surface area (Å²) in [5, 5.41) is 0. The number of amides is 1. The molecule has 3 N–H and O–H groups in total. The number of likely N-dealkylation sites (tertiary alicyclic amines) is 1. The third-order valence-electron chi connectivity index (χ3n) is 2.43. The molecule has 0 atom stereocenters. The zero-order chi connectivity index (χ0) is 9.68. The Hall–Kier alpha value is -0.870. The van der Waals surface area contributed by atoms with Gasteiger partial charge in [-0.15, -0.1) is 0 Å². The molecule has 74 valence electrons. The van der Waals surface area contributed by atoms with Crippen molar-refractivity contribution in [2.24, 2.45) is 11.8 Å². The number of allylic oxidation sites excluding steroid dienone is 1. The van der Waals surface area contributed by atoms with Crippen molar-refractivity contribution in [3.63, 3.8) is 0 Å². The molecule has 1 aliphatic rings. The number of carbonyl (C=O) groups is 1. The first-order valence-electron chi connectivity index (χ1n) is 4.59. The molecule has 0 aromatic carbocycles. The second-order valence-corrected chi connectivity index (χ2v) is 3.51. The monoisotopic (exact) mass is 183 g/mol. The van der Waals surface area contributed by atoms with Gasteiger partial charge in [0, 0.05) is 6.08 Å². The first-order chi connectivity index (χ1) is 6.22. The minimum Gasteiger partial charge on any atom is -0.306 e. The molecule has 4 nitrogen and oxygen atoms in total. The first-order valence-corrected chi connectivity index (χ1v) is 4.59. The first kappa shape index (κ1) is 10.2. The molecule has 13 heavy (non-hydrogen) atoms. The van der Waals surface area contributed by atoms with E-state index in [0.29, 0.717) is 5.92 Å². The fraction of sp³-hybridized carbons (Fsp3) is 0.667. The Bertz CT molecular complexity index is 195. The number of hydrazine groups is 1. The van der Waals surface area contributed by atoms with Gasteiger partial charge in [-0.1, -0.05) is 6.08 Å². The van der Waals surface area contributed by atoms with Crippen LogP contribution in [0.1, 0.15) is 12.8 Å². The lowest BCUT2D eigenvalue weighted by Crippen LogP contribution is -2.30. The maximum atomic E-state index is 10.8. The number of nitrogens with two attached hydrogens (primary N) is 1. The van der Waals surface area contributed by atoms with Crippen LogP contribution in [0.4, 0.5) is 0 Å². The second-order valence-electron chi connectivity index (χ2n) is 3.51. The maximum absolute atomic E-state index is 10.8. The number of piperidine rings is 1. The van der Waals surface area contributed by atoms with Crippen LogP contribution in [-0.4, -0.2) is 30.9 Å². The van der Waals surface area contributed by atoms with Crippen molar-refractivity contribution in [1.29, 1.82) is 0 Å². The Kier molecular flexibility index (Phi) is 3.92. The maximum Gasteiger partial charge on any atom is 0.257 e. The molecule has 1 amide bonds. The van der Waals surface area contributed by atoms with Gasteiger partial charge in [-0.05, 0) is 38.9 Å². The van der Waals surface area contributed by atoms with Crippen LogP contribution in [0.15, 0.2) is 12.2 Å². The van der Waals surface area contributed by atoms with E-state index in [2.05, 4.69) is 17.4 Å². The summed E-state index contributed by atoms with van der Waals surface area (Å²) in [4.78, 5) is 13.1. The number of hydrogen-bond acceptors (Lipinski definition) is 3. The second kappa shape index (κ2) is 4.99. The van der Waals surface area contributed by atoms with E-state index in [1.807, 2.05) is 6.08 Å². The number of hydrogen-bond donors (Lipinski definition) is 2. The highest BCUT2D eigenvalue weighted by Crippen LogP contribution is 2.16. The molecule has 0 saturated carbocycles.